The number of nitrogens with zero attached hydrogens (tertiary/aromatic N) is 3. The standard InChI is InChI=1S/C26H29N5O6S/c1-15-11-21-26(4,31-24(27)25(2,3)38(21,33)34)18-12-16(5-8-20(18)37-15)30-23(32)19-7-6-17(13-29-19)36-14-22-28-9-10-35-22/h5-10,12-13,15,21H,11,14H2,1-4H3,(H2,27,31)(H,30,32)/t15-,21+,26+/m0/s1. The summed E-state index contributed by atoms with van der Waals surface area (Å²) in [5.74, 6) is 0.962. The molecule has 3 N–H and O–H groups in total. The maximum atomic E-state index is 13.7. The summed E-state index contributed by atoms with van der Waals surface area (Å²) < 4.78 is 42.8. The third kappa shape index (κ3) is 4.28. The van der Waals surface area contributed by atoms with Crippen molar-refractivity contribution in [2.24, 2.45) is 10.7 Å². The minimum absolute atomic E-state index is 0.0422. The molecule has 0 spiro atoms. The van der Waals surface area contributed by atoms with Gasteiger partial charge in [-0.25, -0.2) is 18.4 Å². The van der Waals surface area contributed by atoms with Gasteiger partial charge in [0.25, 0.3) is 5.91 Å². The normalized spacial score (nSPS) is 25.1. The van der Waals surface area contributed by atoms with E-state index in [4.69, 9.17) is 24.6 Å². The van der Waals surface area contributed by atoms with E-state index in [0.717, 1.165) is 0 Å². The summed E-state index contributed by atoms with van der Waals surface area (Å²) in [5, 5.41) is 1.97. The summed E-state index contributed by atoms with van der Waals surface area (Å²) in [6.45, 7) is 6.87. The Morgan fingerprint density at radius 3 is 2.68 bits per heavy atom. The number of hydrogen-bond acceptors (Lipinski definition) is 10. The number of amidine groups is 1. The van der Waals surface area contributed by atoms with E-state index in [9.17, 15) is 13.2 Å². The molecule has 0 saturated heterocycles. The van der Waals surface area contributed by atoms with E-state index in [1.807, 2.05) is 6.92 Å². The summed E-state index contributed by atoms with van der Waals surface area (Å²) in [6, 6.07) is 8.24. The molecule has 200 valence electrons. The first-order valence-electron chi connectivity index (χ1n) is 12.1. The number of anilines is 1. The van der Waals surface area contributed by atoms with Crippen molar-refractivity contribution in [1.82, 2.24) is 9.97 Å². The number of nitrogens with two attached hydrogens (primary N) is 1. The summed E-state index contributed by atoms with van der Waals surface area (Å²) in [7, 11) is -3.73. The number of nitrogens with one attached hydrogen (secondary N) is 1. The summed E-state index contributed by atoms with van der Waals surface area (Å²) in [6.07, 6.45) is 4.30. The third-order valence-corrected chi connectivity index (χ3v) is 10.2. The molecule has 2 aliphatic rings. The summed E-state index contributed by atoms with van der Waals surface area (Å²) >= 11 is 0. The molecule has 0 unspecified atom stereocenters. The Labute approximate surface area is 220 Å². The maximum absolute atomic E-state index is 13.7. The van der Waals surface area contributed by atoms with Crippen molar-refractivity contribution >= 4 is 27.3 Å². The van der Waals surface area contributed by atoms with Crippen LogP contribution in [0.4, 0.5) is 5.69 Å². The fraction of sp³-hybridized carbons (Fsp3) is 0.385. The van der Waals surface area contributed by atoms with Gasteiger partial charge in [0.05, 0.1) is 23.7 Å². The van der Waals surface area contributed by atoms with E-state index in [1.54, 1.807) is 45.0 Å². The first-order valence-corrected chi connectivity index (χ1v) is 13.7. The summed E-state index contributed by atoms with van der Waals surface area (Å²) in [4.78, 5) is 25.8. The molecule has 4 heterocycles. The quantitative estimate of drug-likeness (QED) is 0.496. The molecule has 0 saturated carbocycles. The highest BCUT2D eigenvalue weighted by atomic mass is 32.2. The lowest BCUT2D eigenvalue weighted by molar-refractivity contribution is 0.102. The zero-order chi connectivity index (χ0) is 27.3. The largest absolute Gasteiger partial charge is 0.490 e. The number of amides is 1. The number of carbonyl (C=O) groups is 1. The number of sulfone groups is 1. The second-order valence-corrected chi connectivity index (χ2v) is 12.8. The number of hydrogen-bond donors (Lipinski definition) is 2. The van der Waals surface area contributed by atoms with Crippen molar-refractivity contribution in [3.63, 3.8) is 0 Å². The molecule has 12 heteroatoms. The average molecular weight is 540 g/mol. The maximum Gasteiger partial charge on any atom is 0.274 e. The van der Waals surface area contributed by atoms with Gasteiger partial charge < -0.3 is 24.9 Å². The van der Waals surface area contributed by atoms with E-state index >= 15 is 0 Å². The molecule has 0 bridgehead atoms. The van der Waals surface area contributed by atoms with Gasteiger partial charge in [0, 0.05) is 17.7 Å². The molecule has 5 rings (SSSR count). The monoisotopic (exact) mass is 539 g/mol. The molecule has 1 amide bonds. The highest BCUT2D eigenvalue weighted by Crippen LogP contribution is 2.49. The van der Waals surface area contributed by atoms with Gasteiger partial charge in [0.15, 0.2) is 16.4 Å². The minimum Gasteiger partial charge on any atom is -0.490 e. The van der Waals surface area contributed by atoms with Gasteiger partial charge in [0.2, 0.25) is 5.89 Å². The van der Waals surface area contributed by atoms with Crippen molar-refractivity contribution in [2.75, 3.05) is 5.32 Å². The van der Waals surface area contributed by atoms with Gasteiger partial charge in [0.1, 0.15) is 39.6 Å². The molecule has 11 nitrogen and oxygen atoms in total. The van der Waals surface area contributed by atoms with Crippen LogP contribution in [0.5, 0.6) is 11.5 Å². The number of aliphatic imine (C=N–C) groups is 1. The zero-order valence-corrected chi connectivity index (χ0v) is 22.3. The Bertz CT molecular complexity index is 1500. The van der Waals surface area contributed by atoms with Crippen LogP contribution in [0, 0.1) is 0 Å². The van der Waals surface area contributed by atoms with Gasteiger partial charge >= 0.3 is 0 Å². The van der Waals surface area contributed by atoms with E-state index in [-0.39, 0.29) is 30.7 Å². The number of benzene rings is 1. The Balaban J connectivity index is 1.41. The number of rotatable bonds is 5. The van der Waals surface area contributed by atoms with Gasteiger partial charge in [-0.15, -0.1) is 0 Å². The molecule has 3 aromatic rings. The van der Waals surface area contributed by atoms with Crippen LogP contribution in [0.15, 0.2) is 58.4 Å². The molecule has 2 aliphatic heterocycles. The van der Waals surface area contributed by atoms with E-state index in [2.05, 4.69) is 15.3 Å². The average Bonchev–Trinajstić information content (AvgIpc) is 3.36. The van der Waals surface area contributed by atoms with Gasteiger partial charge in [-0.3, -0.25) is 9.79 Å². The Hall–Kier alpha value is -3.93. The van der Waals surface area contributed by atoms with Crippen LogP contribution in [0.3, 0.4) is 0 Å². The highest BCUT2D eigenvalue weighted by molar-refractivity contribution is 7.94. The van der Waals surface area contributed by atoms with Gasteiger partial charge in [-0.1, -0.05) is 0 Å². The molecule has 0 radical (unpaired) electrons. The van der Waals surface area contributed by atoms with Crippen LogP contribution in [0.25, 0.3) is 0 Å². The van der Waals surface area contributed by atoms with Crippen LogP contribution < -0.4 is 20.5 Å². The first kappa shape index (κ1) is 25.7. The number of carbonyl (C=O) groups excluding carboxylic acids is 1. The predicted octanol–water partition coefficient (Wildman–Crippen LogP) is 3.22. The SMILES string of the molecule is C[C@H]1C[C@@H]2[C@](C)(N=C(N)C(C)(C)S2(=O)=O)c2cc(NC(=O)c3ccc(OCc4ncco4)cn3)ccc2O1. The molecule has 3 atom stereocenters. The predicted molar refractivity (Wildman–Crippen MR) is 140 cm³/mol. The molecule has 2 aromatic heterocycles. The number of aromatic nitrogens is 2. The molecular formula is C26H29N5O6S. The van der Waals surface area contributed by atoms with Crippen molar-refractivity contribution in [3.8, 4) is 11.5 Å². The first-order chi connectivity index (χ1) is 17.9. The fourth-order valence-electron chi connectivity index (χ4n) is 4.79. The molecule has 0 aliphatic carbocycles. The second-order valence-electron chi connectivity index (χ2n) is 10.1. The third-order valence-electron chi connectivity index (χ3n) is 7.15. The highest BCUT2D eigenvalue weighted by Gasteiger charge is 2.58. The second kappa shape index (κ2) is 9.12. The molecular weight excluding hydrogens is 510 g/mol. The zero-order valence-electron chi connectivity index (χ0n) is 21.5. The van der Waals surface area contributed by atoms with Crippen molar-refractivity contribution in [1.29, 1.82) is 0 Å². The van der Waals surface area contributed by atoms with Crippen LogP contribution >= 0.6 is 0 Å². The molecule has 1 aromatic carbocycles. The van der Waals surface area contributed by atoms with Crippen LogP contribution in [0.1, 0.15) is 56.1 Å². The number of oxazole rings is 1. The van der Waals surface area contributed by atoms with E-state index in [1.165, 1.54) is 24.7 Å². The van der Waals surface area contributed by atoms with Crippen LogP contribution in [-0.2, 0) is 22.0 Å². The van der Waals surface area contributed by atoms with Crippen molar-refractivity contribution in [2.45, 2.75) is 62.4 Å². The molecule has 0 fully saturated rings. The fourth-order valence-corrected chi connectivity index (χ4v) is 7.14. The smallest absolute Gasteiger partial charge is 0.274 e. The minimum atomic E-state index is -3.73. The topological polar surface area (TPSA) is 159 Å². The number of fused-ring (bicyclic) bond motifs is 3. The number of ether oxygens (including phenoxy) is 2. The Morgan fingerprint density at radius 1 is 1.21 bits per heavy atom. The van der Waals surface area contributed by atoms with E-state index < -0.39 is 31.3 Å². The van der Waals surface area contributed by atoms with Gasteiger partial charge in [-0.05, 0) is 58.0 Å². The van der Waals surface area contributed by atoms with Crippen LogP contribution in [-0.4, -0.2) is 46.2 Å². The summed E-state index contributed by atoms with van der Waals surface area (Å²) in [5.41, 5.74) is 6.16. The van der Waals surface area contributed by atoms with Gasteiger partial charge in [-0.2, -0.15) is 0 Å². The van der Waals surface area contributed by atoms with Crippen molar-refractivity contribution < 1.29 is 27.1 Å². The number of pyridine rings is 1. The lowest BCUT2D eigenvalue weighted by Gasteiger charge is -2.43. The Kier molecular flexibility index (Phi) is 6.17. The van der Waals surface area contributed by atoms with Crippen molar-refractivity contribution in [3.05, 3.63) is 66.1 Å². The lowest BCUT2D eigenvalue weighted by Crippen LogP contribution is -2.60. The van der Waals surface area contributed by atoms with Crippen LogP contribution in [0.2, 0.25) is 0 Å². The molecule has 38 heavy (non-hydrogen) atoms. The Morgan fingerprint density at radius 2 is 2.00 bits per heavy atom. The lowest BCUT2D eigenvalue weighted by atomic mass is 9.85. The van der Waals surface area contributed by atoms with E-state index in [0.29, 0.717) is 28.6 Å².